The Labute approximate surface area is 58.3 Å². The molecule has 2 unspecified atom stereocenters. The summed E-state index contributed by atoms with van der Waals surface area (Å²) in [5.41, 5.74) is 0. The highest BCUT2D eigenvalue weighted by atomic mass is 32.2. The smallest absolute Gasteiger partial charge is 0.231 e. The standard InChI is InChI=1S/C5H13NO2S/c1-3-5(2)4-6-9(7)8/h5-6H,3-4H2,1-2H3,(H,7,8). The van der Waals surface area contributed by atoms with E-state index in [9.17, 15) is 4.21 Å². The molecule has 4 heteroatoms. The fourth-order valence-corrected chi connectivity index (χ4v) is 0.785. The van der Waals surface area contributed by atoms with Gasteiger partial charge >= 0.3 is 0 Å². The highest BCUT2D eigenvalue weighted by Gasteiger charge is 1.98. The zero-order chi connectivity index (χ0) is 7.28. The van der Waals surface area contributed by atoms with Crippen molar-refractivity contribution in [2.75, 3.05) is 6.54 Å². The maximum Gasteiger partial charge on any atom is 0.231 e. The molecule has 0 saturated carbocycles. The molecular weight excluding hydrogens is 138 g/mol. The first-order valence-corrected chi connectivity index (χ1v) is 4.11. The van der Waals surface area contributed by atoms with Crippen molar-refractivity contribution in [3.8, 4) is 0 Å². The molecule has 0 aliphatic heterocycles. The van der Waals surface area contributed by atoms with Gasteiger partial charge in [-0.2, -0.15) is 0 Å². The first kappa shape index (κ1) is 9.07. The summed E-state index contributed by atoms with van der Waals surface area (Å²) in [6.45, 7) is 4.69. The molecule has 0 spiro atoms. The molecule has 0 bridgehead atoms. The summed E-state index contributed by atoms with van der Waals surface area (Å²) in [6.07, 6.45) is 1.03. The molecule has 9 heavy (non-hydrogen) atoms. The van der Waals surface area contributed by atoms with Crippen molar-refractivity contribution >= 4 is 11.3 Å². The summed E-state index contributed by atoms with van der Waals surface area (Å²) < 4.78 is 20.7. The normalized spacial score (nSPS) is 17.2. The van der Waals surface area contributed by atoms with Gasteiger partial charge in [-0.15, -0.1) is 0 Å². The van der Waals surface area contributed by atoms with Crippen molar-refractivity contribution in [2.45, 2.75) is 20.3 Å². The lowest BCUT2D eigenvalue weighted by Crippen LogP contribution is -2.22. The highest BCUT2D eigenvalue weighted by molar-refractivity contribution is 7.77. The second kappa shape index (κ2) is 4.90. The third-order valence-corrected chi connectivity index (χ3v) is 1.67. The molecule has 0 aromatic heterocycles. The van der Waals surface area contributed by atoms with Crippen LogP contribution in [0.2, 0.25) is 0 Å². The van der Waals surface area contributed by atoms with E-state index in [1.165, 1.54) is 0 Å². The van der Waals surface area contributed by atoms with E-state index in [4.69, 9.17) is 4.55 Å². The molecule has 0 fully saturated rings. The van der Waals surface area contributed by atoms with E-state index in [0.717, 1.165) is 6.42 Å². The van der Waals surface area contributed by atoms with Crippen LogP contribution in [0.1, 0.15) is 20.3 Å². The minimum Gasteiger partial charge on any atom is -0.294 e. The van der Waals surface area contributed by atoms with E-state index in [2.05, 4.69) is 4.72 Å². The summed E-state index contributed by atoms with van der Waals surface area (Å²) in [7, 11) is 0. The maximum atomic E-state index is 10.0. The second-order valence-corrected chi connectivity index (χ2v) is 2.90. The Bertz CT molecular complexity index is 97.0. The van der Waals surface area contributed by atoms with Crippen LogP contribution >= 0.6 is 0 Å². The Balaban J connectivity index is 3.16. The van der Waals surface area contributed by atoms with Crippen molar-refractivity contribution in [1.82, 2.24) is 4.72 Å². The third-order valence-electron chi connectivity index (χ3n) is 1.25. The molecular formula is C5H13NO2S. The predicted octanol–water partition coefficient (Wildman–Crippen LogP) is 0.759. The van der Waals surface area contributed by atoms with Crippen LogP contribution in [0.4, 0.5) is 0 Å². The summed E-state index contributed by atoms with van der Waals surface area (Å²) in [4.78, 5) is 0. The van der Waals surface area contributed by atoms with E-state index >= 15 is 0 Å². The molecule has 0 radical (unpaired) electrons. The van der Waals surface area contributed by atoms with Crippen LogP contribution in [0.5, 0.6) is 0 Å². The van der Waals surface area contributed by atoms with Gasteiger partial charge in [0.25, 0.3) is 0 Å². The van der Waals surface area contributed by atoms with E-state index in [-0.39, 0.29) is 0 Å². The quantitative estimate of drug-likeness (QED) is 0.583. The lowest BCUT2D eigenvalue weighted by Gasteiger charge is -2.05. The highest BCUT2D eigenvalue weighted by Crippen LogP contribution is 1.96. The largest absolute Gasteiger partial charge is 0.294 e. The van der Waals surface area contributed by atoms with Crippen molar-refractivity contribution in [2.24, 2.45) is 5.92 Å². The summed E-state index contributed by atoms with van der Waals surface area (Å²) in [5, 5.41) is 0. The van der Waals surface area contributed by atoms with Gasteiger partial charge in [0.2, 0.25) is 11.3 Å². The lowest BCUT2D eigenvalue weighted by molar-refractivity contribution is 0.512. The Morgan fingerprint density at radius 2 is 2.33 bits per heavy atom. The molecule has 0 saturated heterocycles. The molecule has 0 amide bonds. The molecule has 56 valence electrons. The van der Waals surface area contributed by atoms with Gasteiger partial charge in [0.05, 0.1) is 0 Å². The Hall–Kier alpha value is 0.0700. The van der Waals surface area contributed by atoms with Gasteiger partial charge in [-0.1, -0.05) is 20.3 Å². The Morgan fingerprint density at radius 3 is 2.67 bits per heavy atom. The zero-order valence-electron chi connectivity index (χ0n) is 5.76. The fraction of sp³-hybridized carbons (Fsp3) is 1.00. The van der Waals surface area contributed by atoms with Crippen LogP contribution < -0.4 is 4.72 Å². The molecule has 0 aliphatic rings. The van der Waals surface area contributed by atoms with Crippen LogP contribution in [0.3, 0.4) is 0 Å². The van der Waals surface area contributed by atoms with Crippen LogP contribution in [-0.2, 0) is 11.3 Å². The summed E-state index contributed by atoms with van der Waals surface area (Å²) in [5.74, 6) is 0.473. The average Bonchev–Trinajstić information content (AvgIpc) is 1.83. The molecule has 3 nitrogen and oxygen atoms in total. The fourth-order valence-electron chi connectivity index (χ4n) is 0.358. The van der Waals surface area contributed by atoms with Gasteiger partial charge in [-0.3, -0.25) is 4.55 Å². The van der Waals surface area contributed by atoms with Gasteiger partial charge in [-0.25, -0.2) is 8.93 Å². The van der Waals surface area contributed by atoms with Gasteiger partial charge in [-0.05, 0) is 5.92 Å². The summed E-state index contributed by atoms with van der Waals surface area (Å²) >= 11 is -1.84. The van der Waals surface area contributed by atoms with Crippen molar-refractivity contribution in [1.29, 1.82) is 0 Å². The van der Waals surface area contributed by atoms with E-state index in [1.807, 2.05) is 13.8 Å². The van der Waals surface area contributed by atoms with Crippen LogP contribution in [0.25, 0.3) is 0 Å². The van der Waals surface area contributed by atoms with Crippen LogP contribution in [0, 0.1) is 5.92 Å². The number of rotatable bonds is 4. The maximum absolute atomic E-state index is 10.0. The van der Waals surface area contributed by atoms with Gasteiger partial charge in [0.15, 0.2) is 0 Å². The average molecular weight is 151 g/mol. The lowest BCUT2D eigenvalue weighted by atomic mass is 10.1. The molecule has 0 aliphatic carbocycles. The molecule has 0 aromatic rings. The Morgan fingerprint density at radius 1 is 1.78 bits per heavy atom. The first-order chi connectivity index (χ1) is 4.16. The Kier molecular flexibility index (Phi) is 4.94. The van der Waals surface area contributed by atoms with Crippen LogP contribution in [0.15, 0.2) is 0 Å². The number of hydrogen-bond donors (Lipinski definition) is 2. The minimum atomic E-state index is -1.84. The second-order valence-electron chi connectivity index (χ2n) is 2.11. The topological polar surface area (TPSA) is 49.3 Å². The SMILES string of the molecule is CCC(C)CNS(=O)O. The van der Waals surface area contributed by atoms with E-state index in [0.29, 0.717) is 12.5 Å². The van der Waals surface area contributed by atoms with E-state index < -0.39 is 11.3 Å². The zero-order valence-corrected chi connectivity index (χ0v) is 6.57. The molecule has 0 rings (SSSR count). The van der Waals surface area contributed by atoms with Crippen molar-refractivity contribution in [3.63, 3.8) is 0 Å². The van der Waals surface area contributed by atoms with Gasteiger partial charge in [0.1, 0.15) is 0 Å². The van der Waals surface area contributed by atoms with Gasteiger partial charge in [0, 0.05) is 6.54 Å². The number of hydrogen-bond acceptors (Lipinski definition) is 1. The minimum absolute atomic E-state index is 0.473. The van der Waals surface area contributed by atoms with Crippen molar-refractivity contribution < 1.29 is 8.76 Å². The molecule has 0 aromatic carbocycles. The third kappa shape index (κ3) is 5.95. The monoisotopic (exact) mass is 151 g/mol. The predicted molar refractivity (Wildman–Crippen MR) is 38.2 cm³/mol. The molecule has 2 N–H and O–H groups in total. The van der Waals surface area contributed by atoms with E-state index in [1.54, 1.807) is 0 Å². The molecule has 0 heterocycles. The molecule has 2 atom stereocenters. The number of nitrogens with one attached hydrogen (secondary N) is 1. The van der Waals surface area contributed by atoms with Crippen LogP contribution in [-0.4, -0.2) is 15.3 Å². The van der Waals surface area contributed by atoms with Gasteiger partial charge < -0.3 is 0 Å². The summed E-state index contributed by atoms with van der Waals surface area (Å²) in [6, 6.07) is 0. The van der Waals surface area contributed by atoms with Crippen molar-refractivity contribution in [3.05, 3.63) is 0 Å². The first-order valence-electron chi connectivity index (χ1n) is 3.01.